The number of nitrogens with zero attached hydrogens (tertiary/aromatic N) is 3. The molecule has 0 aliphatic carbocycles. The Labute approximate surface area is 168 Å². The molecular weight excluding hydrogens is 382 g/mol. The number of anilines is 1. The Morgan fingerprint density at radius 2 is 1.86 bits per heavy atom. The van der Waals surface area contributed by atoms with Crippen LogP contribution in [0.25, 0.3) is 5.69 Å². The molecule has 7 nitrogen and oxygen atoms in total. The fraction of sp³-hybridized carbons (Fsp3) is 0.500. The molecule has 2 aromatic rings. The lowest BCUT2D eigenvalue weighted by Crippen LogP contribution is -2.64. The minimum absolute atomic E-state index is 0.0574. The first-order chi connectivity index (χ1) is 13.4. The molecule has 1 aromatic carbocycles. The smallest absolute Gasteiger partial charge is 0.284 e. The summed E-state index contributed by atoms with van der Waals surface area (Å²) in [7, 11) is 0. The van der Waals surface area contributed by atoms with Crippen molar-refractivity contribution in [3.8, 4) is 5.69 Å². The fourth-order valence-corrected chi connectivity index (χ4v) is 2.63. The van der Waals surface area contributed by atoms with E-state index in [1.165, 1.54) is 24.9 Å². The molecule has 4 N–H and O–H groups in total. The zero-order valence-corrected chi connectivity index (χ0v) is 17.1. The third kappa shape index (κ3) is 5.30. The quantitative estimate of drug-likeness (QED) is 0.657. The van der Waals surface area contributed by atoms with Gasteiger partial charge in [-0.15, -0.1) is 0 Å². The second-order valence-electron chi connectivity index (χ2n) is 7.32. The van der Waals surface area contributed by atoms with Crippen molar-refractivity contribution in [2.45, 2.75) is 58.3 Å². The van der Waals surface area contributed by atoms with Crippen molar-refractivity contribution in [3.05, 3.63) is 41.7 Å². The van der Waals surface area contributed by atoms with Gasteiger partial charge in [0.15, 0.2) is 5.79 Å². The number of carbonyl (C=O) groups is 1. The van der Waals surface area contributed by atoms with E-state index in [1.807, 2.05) is 31.2 Å². The summed E-state index contributed by atoms with van der Waals surface area (Å²) in [6, 6.07) is 6.68. The first-order valence-corrected chi connectivity index (χ1v) is 9.47. The number of benzene rings is 1. The largest absolute Gasteiger partial charge is 0.366 e. The number of imidazole rings is 1. The number of hydrogen-bond donors (Lipinski definition) is 3. The standard InChI is InChI=1S/C16H18F2N4O.C4H10O2/c1-3-11-4-6-12(7-5-11)21-8-13(14(19)23)20-15(21)22-9-16(17,18)10(22)2;1-3-4(2,5)6/h4-8,10H,3,9H2,1-2H3,(H2,19,23);5-6H,3H2,1-2H3/t10-;/m1./s1. The van der Waals surface area contributed by atoms with Crippen LogP contribution in [-0.2, 0) is 6.42 Å². The zero-order chi connectivity index (χ0) is 22.0. The van der Waals surface area contributed by atoms with Gasteiger partial charge in [-0.1, -0.05) is 26.0 Å². The third-order valence-corrected chi connectivity index (χ3v) is 4.95. The molecular formula is C20H28F2N4O3. The number of aliphatic hydroxyl groups is 2. The molecule has 1 aliphatic heterocycles. The monoisotopic (exact) mass is 410 g/mol. The summed E-state index contributed by atoms with van der Waals surface area (Å²) in [5, 5.41) is 16.8. The molecule has 1 aliphatic rings. The van der Waals surface area contributed by atoms with Gasteiger partial charge < -0.3 is 20.8 Å². The lowest BCUT2D eigenvalue weighted by atomic mass is 10.0. The molecule has 0 radical (unpaired) electrons. The van der Waals surface area contributed by atoms with E-state index < -0.39 is 30.2 Å². The summed E-state index contributed by atoms with van der Waals surface area (Å²) in [5.74, 6) is -4.59. The third-order valence-electron chi connectivity index (χ3n) is 4.95. The second kappa shape index (κ2) is 8.46. The van der Waals surface area contributed by atoms with Gasteiger partial charge in [0.1, 0.15) is 5.69 Å². The van der Waals surface area contributed by atoms with Gasteiger partial charge in [-0.3, -0.25) is 9.36 Å². The molecule has 2 heterocycles. The molecule has 1 saturated heterocycles. The molecule has 0 spiro atoms. The number of carbonyl (C=O) groups excluding carboxylic acids is 1. The Kier molecular flexibility index (Phi) is 6.64. The molecule has 0 saturated carbocycles. The number of halogens is 2. The lowest BCUT2D eigenvalue weighted by molar-refractivity contribution is -0.145. The normalized spacial score (nSPS) is 17.9. The summed E-state index contributed by atoms with van der Waals surface area (Å²) < 4.78 is 28.6. The van der Waals surface area contributed by atoms with Crippen molar-refractivity contribution < 1.29 is 23.8 Å². The van der Waals surface area contributed by atoms with E-state index in [1.54, 1.807) is 11.5 Å². The molecule has 3 rings (SSSR count). The highest BCUT2D eigenvalue weighted by Gasteiger charge is 2.53. The molecule has 1 fully saturated rings. The van der Waals surface area contributed by atoms with Crippen LogP contribution >= 0.6 is 0 Å². The number of rotatable bonds is 5. The molecule has 1 aromatic heterocycles. The predicted octanol–water partition coefficient (Wildman–Crippen LogP) is 2.47. The first kappa shape index (κ1) is 22.8. The highest BCUT2D eigenvalue weighted by molar-refractivity contribution is 5.91. The van der Waals surface area contributed by atoms with Crippen LogP contribution in [0.2, 0.25) is 0 Å². The highest BCUT2D eigenvalue weighted by atomic mass is 19.3. The number of aromatic nitrogens is 2. The van der Waals surface area contributed by atoms with Crippen molar-refractivity contribution in [1.29, 1.82) is 0 Å². The maximum atomic E-state index is 13.5. The van der Waals surface area contributed by atoms with Gasteiger partial charge in [0.2, 0.25) is 5.95 Å². The molecule has 29 heavy (non-hydrogen) atoms. The molecule has 160 valence electrons. The topological polar surface area (TPSA) is 105 Å². The number of nitrogens with two attached hydrogens (primary N) is 1. The number of primary amides is 1. The zero-order valence-electron chi connectivity index (χ0n) is 17.1. The Morgan fingerprint density at radius 3 is 2.24 bits per heavy atom. The average molecular weight is 410 g/mol. The molecule has 0 unspecified atom stereocenters. The van der Waals surface area contributed by atoms with Gasteiger partial charge in [-0.2, -0.15) is 0 Å². The fourth-order valence-electron chi connectivity index (χ4n) is 2.63. The van der Waals surface area contributed by atoms with Crippen molar-refractivity contribution in [2.24, 2.45) is 5.73 Å². The van der Waals surface area contributed by atoms with Crippen LogP contribution in [0.1, 0.15) is 50.2 Å². The number of hydrogen-bond acceptors (Lipinski definition) is 5. The Bertz CT molecular complexity index is 844. The molecule has 9 heteroatoms. The number of alkyl halides is 2. The SMILES string of the molecule is CCC(C)(O)O.CCc1ccc(-n2cc(C(N)=O)nc2N2CC(F)(F)[C@H]2C)cc1. The van der Waals surface area contributed by atoms with Gasteiger partial charge in [0, 0.05) is 11.9 Å². The van der Waals surface area contributed by atoms with E-state index in [2.05, 4.69) is 4.98 Å². The summed E-state index contributed by atoms with van der Waals surface area (Å²) in [6.07, 6.45) is 2.77. The molecule has 0 bridgehead atoms. The maximum absolute atomic E-state index is 13.5. The van der Waals surface area contributed by atoms with E-state index >= 15 is 0 Å². The van der Waals surface area contributed by atoms with Gasteiger partial charge in [-0.25, -0.2) is 13.8 Å². The highest BCUT2D eigenvalue weighted by Crippen LogP contribution is 2.38. The van der Waals surface area contributed by atoms with Crippen LogP contribution < -0.4 is 10.6 Å². The van der Waals surface area contributed by atoms with Crippen LogP contribution in [0.4, 0.5) is 14.7 Å². The van der Waals surface area contributed by atoms with E-state index in [-0.39, 0.29) is 5.69 Å². The Balaban J connectivity index is 0.000000438. The second-order valence-corrected chi connectivity index (χ2v) is 7.32. The minimum atomic E-state index is -2.75. The van der Waals surface area contributed by atoms with Gasteiger partial charge in [-0.05, 0) is 44.4 Å². The van der Waals surface area contributed by atoms with E-state index in [9.17, 15) is 13.6 Å². The Hall–Kier alpha value is -2.52. The van der Waals surface area contributed by atoms with E-state index in [0.29, 0.717) is 12.4 Å². The van der Waals surface area contributed by atoms with E-state index in [4.69, 9.17) is 15.9 Å². The Morgan fingerprint density at radius 1 is 1.31 bits per heavy atom. The minimum Gasteiger partial charge on any atom is -0.366 e. The van der Waals surface area contributed by atoms with Crippen molar-refractivity contribution in [1.82, 2.24) is 9.55 Å². The van der Waals surface area contributed by atoms with Crippen molar-refractivity contribution in [2.75, 3.05) is 11.4 Å². The van der Waals surface area contributed by atoms with Crippen LogP contribution in [0.15, 0.2) is 30.5 Å². The lowest BCUT2D eigenvalue weighted by Gasteiger charge is -2.46. The summed E-state index contributed by atoms with van der Waals surface area (Å²) in [4.78, 5) is 17.0. The first-order valence-electron chi connectivity index (χ1n) is 9.47. The summed E-state index contributed by atoms with van der Waals surface area (Å²) in [6.45, 7) is 6.13. The predicted molar refractivity (Wildman–Crippen MR) is 106 cm³/mol. The molecule has 1 atom stereocenters. The van der Waals surface area contributed by atoms with Crippen LogP contribution in [0.5, 0.6) is 0 Å². The molecule has 1 amide bonds. The van der Waals surface area contributed by atoms with Crippen LogP contribution in [-0.4, -0.2) is 50.0 Å². The summed E-state index contributed by atoms with van der Waals surface area (Å²) >= 11 is 0. The number of amides is 1. The maximum Gasteiger partial charge on any atom is 0.284 e. The van der Waals surface area contributed by atoms with Crippen LogP contribution in [0, 0.1) is 0 Å². The van der Waals surface area contributed by atoms with Gasteiger partial charge in [0.05, 0.1) is 12.6 Å². The van der Waals surface area contributed by atoms with Crippen LogP contribution in [0.3, 0.4) is 0 Å². The van der Waals surface area contributed by atoms with Gasteiger partial charge in [0.25, 0.3) is 11.8 Å². The van der Waals surface area contributed by atoms with Crippen molar-refractivity contribution in [3.63, 3.8) is 0 Å². The number of aryl methyl sites for hydroxylation is 1. The van der Waals surface area contributed by atoms with Crippen molar-refractivity contribution >= 4 is 11.9 Å². The van der Waals surface area contributed by atoms with Gasteiger partial charge >= 0.3 is 0 Å². The van der Waals surface area contributed by atoms with E-state index in [0.717, 1.165) is 17.7 Å². The summed E-state index contributed by atoms with van der Waals surface area (Å²) in [5.41, 5.74) is 7.25. The average Bonchev–Trinajstić information content (AvgIpc) is 3.11.